The first kappa shape index (κ1) is 17.2. The molecular weight excluding hydrogens is 264 g/mol. The molecule has 0 radical (unpaired) electrons. The molecule has 21 heavy (non-hydrogen) atoms. The van der Waals surface area contributed by atoms with Crippen LogP contribution in [0.5, 0.6) is 0 Å². The highest BCUT2D eigenvalue weighted by molar-refractivity contribution is 5.83. The van der Waals surface area contributed by atoms with Gasteiger partial charge < -0.3 is 10.6 Å². The third kappa shape index (κ3) is 5.98. The van der Waals surface area contributed by atoms with E-state index in [2.05, 4.69) is 17.6 Å². The summed E-state index contributed by atoms with van der Waals surface area (Å²) in [7, 11) is 0. The first-order chi connectivity index (χ1) is 10.1. The van der Waals surface area contributed by atoms with Crippen molar-refractivity contribution in [1.82, 2.24) is 10.6 Å². The molecule has 0 saturated carbocycles. The van der Waals surface area contributed by atoms with Crippen LogP contribution in [0.4, 0.5) is 0 Å². The summed E-state index contributed by atoms with van der Waals surface area (Å²) in [6.07, 6.45) is 1.78. The van der Waals surface area contributed by atoms with Crippen molar-refractivity contribution in [2.75, 3.05) is 13.1 Å². The van der Waals surface area contributed by atoms with E-state index in [1.54, 1.807) is 0 Å². The number of carbonyl (C=O) groups excluding carboxylic acids is 2. The van der Waals surface area contributed by atoms with Gasteiger partial charge in [0, 0.05) is 19.0 Å². The summed E-state index contributed by atoms with van der Waals surface area (Å²) in [4.78, 5) is 23.7. The van der Waals surface area contributed by atoms with Gasteiger partial charge in [-0.15, -0.1) is 0 Å². The van der Waals surface area contributed by atoms with Crippen LogP contribution in [0.3, 0.4) is 0 Å². The molecule has 116 valence electrons. The molecule has 0 bridgehead atoms. The van der Waals surface area contributed by atoms with Gasteiger partial charge in [-0.2, -0.15) is 0 Å². The van der Waals surface area contributed by atoms with Crippen molar-refractivity contribution in [1.29, 1.82) is 0 Å². The zero-order chi connectivity index (χ0) is 15.7. The Morgan fingerprint density at radius 3 is 2.10 bits per heavy atom. The van der Waals surface area contributed by atoms with Crippen LogP contribution in [0.15, 0.2) is 30.3 Å². The fraction of sp³-hybridized carbons (Fsp3) is 0.529. The maximum atomic E-state index is 12.3. The summed E-state index contributed by atoms with van der Waals surface area (Å²) in [6.45, 7) is 6.70. The van der Waals surface area contributed by atoms with Gasteiger partial charge in [0.05, 0.1) is 5.92 Å². The largest absolute Gasteiger partial charge is 0.354 e. The minimum atomic E-state index is -0.114. The van der Waals surface area contributed by atoms with Gasteiger partial charge >= 0.3 is 0 Å². The van der Waals surface area contributed by atoms with Crippen LogP contribution in [-0.2, 0) is 9.59 Å². The van der Waals surface area contributed by atoms with Crippen LogP contribution in [0.25, 0.3) is 0 Å². The van der Waals surface area contributed by atoms with E-state index in [-0.39, 0.29) is 23.7 Å². The number of hydrogen-bond acceptors (Lipinski definition) is 2. The van der Waals surface area contributed by atoms with Crippen LogP contribution in [-0.4, -0.2) is 24.9 Å². The second-order valence-electron chi connectivity index (χ2n) is 5.49. The molecule has 2 N–H and O–H groups in total. The third-order valence-corrected chi connectivity index (χ3v) is 3.34. The molecular formula is C17H26N2O2. The number of benzene rings is 1. The topological polar surface area (TPSA) is 58.2 Å². The number of nitrogens with one attached hydrogen (secondary N) is 2. The summed E-state index contributed by atoms with van der Waals surface area (Å²) in [5.74, 6) is -0.103. The Kier molecular flexibility index (Phi) is 7.51. The van der Waals surface area contributed by atoms with E-state index in [1.807, 2.05) is 44.2 Å². The number of amides is 2. The minimum Gasteiger partial charge on any atom is -0.354 e. The summed E-state index contributed by atoms with van der Waals surface area (Å²) < 4.78 is 0. The first-order valence-electron chi connectivity index (χ1n) is 7.66. The highest BCUT2D eigenvalue weighted by Crippen LogP contribution is 2.21. The molecule has 1 rings (SSSR count). The normalized spacial score (nSPS) is 12.0. The molecule has 1 atom stereocenters. The molecule has 0 heterocycles. The van der Waals surface area contributed by atoms with Gasteiger partial charge in [-0.05, 0) is 12.0 Å². The molecule has 0 aliphatic carbocycles. The van der Waals surface area contributed by atoms with Crippen LogP contribution >= 0.6 is 0 Å². The lowest BCUT2D eigenvalue weighted by Crippen LogP contribution is -2.38. The van der Waals surface area contributed by atoms with Crippen LogP contribution < -0.4 is 10.6 Å². The molecule has 2 amide bonds. The summed E-state index contributed by atoms with van der Waals surface area (Å²) in [5, 5.41) is 5.70. The Balaban J connectivity index is 2.46. The zero-order valence-corrected chi connectivity index (χ0v) is 13.2. The molecule has 4 heteroatoms. The second kappa shape index (κ2) is 9.16. The van der Waals surface area contributed by atoms with Crippen LogP contribution in [0.1, 0.15) is 45.1 Å². The van der Waals surface area contributed by atoms with Crippen molar-refractivity contribution < 1.29 is 9.59 Å². The SMILES string of the molecule is CCCC(C(=O)NCCNC(=O)C(C)C)c1ccccc1. The Hall–Kier alpha value is -1.84. The van der Waals surface area contributed by atoms with E-state index in [9.17, 15) is 9.59 Å². The third-order valence-electron chi connectivity index (χ3n) is 3.34. The Bertz CT molecular complexity index is 443. The first-order valence-corrected chi connectivity index (χ1v) is 7.66. The summed E-state index contributed by atoms with van der Waals surface area (Å²) in [5.41, 5.74) is 1.04. The summed E-state index contributed by atoms with van der Waals surface area (Å²) >= 11 is 0. The maximum absolute atomic E-state index is 12.3. The monoisotopic (exact) mass is 290 g/mol. The molecule has 0 aliphatic heterocycles. The van der Waals surface area contributed by atoms with Crippen LogP contribution in [0, 0.1) is 5.92 Å². The quantitative estimate of drug-likeness (QED) is 0.723. The predicted octanol–water partition coefficient (Wildman–Crippen LogP) is 2.46. The van der Waals surface area contributed by atoms with Gasteiger partial charge in [0.1, 0.15) is 0 Å². The average Bonchev–Trinajstić information content (AvgIpc) is 2.49. The predicted molar refractivity (Wildman–Crippen MR) is 84.9 cm³/mol. The van der Waals surface area contributed by atoms with Crippen molar-refractivity contribution in [3.8, 4) is 0 Å². The maximum Gasteiger partial charge on any atom is 0.227 e. The van der Waals surface area contributed by atoms with E-state index >= 15 is 0 Å². The molecule has 0 spiro atoms. The van der Waals surface area contributed by atoms with Gasteiger partial charge in [0.15, 0.2) is 0 Å². The van der Waals surface area contributed by atoms with E-state index in [1.165, 1.54) is 0 Å². The van der Waals surface area contributed by atoms with Gasteiger partial charge in [-0.1, -0.05) is 57.5 Å². The molecule has 0 aromatic heterocycles. The summed E-state index contributed by atoms with van der Waals surface area (Å²) in [6, 6.07) is 9.83. The van der Waals surface area contributed by atoms with Crippen LogP contribution in [0.2, 0.25) is 0 Å². The van der Waals surface area contributed by atoms with E-state index in [0.29, 0.717) is 13.1 Å². The Labute approximate surface area is 127 Å². The standard InChI is InChI=1S/C17H26N2O2/c1-4-8-15(14-9-6-5-7-10-14)17(21)19-12-11-18-16(20)13(2)3/h5-7,9-10,13,15H,4,8,11-12H2,1-3H3,(H,18,20)(H,19,21). The molecule has 0 aliphatic rings. The van der Waals surface area contributed by atoms with E-state index in [4.69, 9.17) is 0 Å². The van der Waals surface area contributed by atoms with Gasteiger partial charge in [-0.25, -0.2) is 0 Å². The van der Waals surface area contributed by atoms with Gasteiger partial charge in [0.25, 0.3) is 0 Å². The Morgan fingerprint density at radius 1 is 1.00 bits per heavy atom. The van der Waals surface area contributed by atoms with Crippen molar-refractivity contribution in [3.05, 3.63) is 35.9 Å². The van der Waals surface area contributed by atoms with Crippen molar-refractivity contribution >= 4 is 11.8 Å². The van der Waals surface area contributed by atoms with E-state index < -0.39 is 0 Å². The smallest absolute Gasteiger partial charge is 0.227 e. The zero-order valence-electron chi connectivity index (χ0n) is 13.2. The molecule has 1 aromatic carbocycles. The lowest BCUT2D eigenvalue weighted by atomic mass is 9.94. The van der Waals surface area contributed by atoms with E-state index in [0.717, 1.165) is 18.4 Å². The fourth-order valence-electron chi connectivity index (χ4n) is 2.12. The lowest BCUT2D eigenvalue weighted by Gasteiger charge is -2.17. The Morgan fingerprint density at radius 2 is 1.57 bits per heavy atom. The van der Waals surface area contributed by atoms with Gasteiger partial charge in [-0.3, -0.25) is 9.59 Å². The molecule has 1 unspecified atom stereocenters. The molecule has 0 saturated heterocycles. The lowest BCUT2D eigenvalue weighted by molar-refractivity contribution is -0.125. The molecule has 0 fully saturated rings. The number of rotatable bonds is 8. The van der Waals surface area contributed by atoms with Crippen molar-refractivity contribution in [2.24, 2.45) is 5.92 Å². The van der Waals surface area contributed by atoms with Crippen molar-refractivity contribution in [2.45, 2.75) is 39.5 Å². The number of hydrogen-bond donors (Lipinski definition) is 2. The number of carbonyl (C=O) groups is 2. The molecule has 1 aromatic rings. The average molecular weight is 290 g/mol. The highest BCUT2D eigenvalue weighted by atomic mass is 16.2. The second-order valence-corrected chi connectivity index (χ2v) is 5.49. The van der Waals surface area contributed by atoms with Crippen molar-refractivity contribution in [3.63, 3.8) is 0 Å². The molecule has 4 nitrogen and oxygen atoms in total. The van der Waals surface area contributed by atoms with Gasteiger partial charge in [0.2, 0.25) is 11.8 Å². The highest BCUT2D eigenvalue weighted by Gasteiger charge is 2.18. The minimum absolute atomic E-state index is 0.0115. The fourth-order valence-corrected chi connectivity index (χ4v) is 2.12.